The second-order valence-electron chi connectivity index (χ2n) is 8.81. The van der Waals surface area contributed by atoms with Crippen LogP contribution in [0.15, 0.2) is 24.3 Å². The Bertz CT molecular complexity index is 761. The Morgan fingerprint density at radius 2 is 1.69 bits per heavy atom. The van der Waals surface area contributed by atoms with Gasteiger partial charge in [0.05, 0.1) is 0 Å². The molecule has 1 aromatic carbocycles. The maximum atomic E-state index is 12.9. The monoisotopic (exact) mass is 401 g/mol. The van der Waals surface area contributed by atoms with Gasteiger partial charge < -0.3 is 19.4 Å². The first-order valence-corrected chi connectivity index (χ1v) is 10.3. The Hall–Kier alpha value is -2.57. The minimum Gasteiger partial charge on any atom is -0.444 e. The van der Waals surface area contributed by atoms with Gasteiger partial charge in [-0.15, -0.1) is 0 Å². The zero-order valence-corrected chi connectivity index (χ0v) is 17.8. The topological polar surface area (TPSA) is 70.2 Å². The molecule has 158 valence electrons. The van der Waals surface area contributed by atoms with E-state index < -0.39 is 5.60 Å². The van der Waals surface area contributed by atoms with Crippen molar-refractivity contribution in [3.05, 3.63) is 29.8 Å². The summed E-state index contributed by atoms with van der Waals surface area (Å²) in [6.45, 7) is 7.46. The van der Waals surface area contributed by atoms with E-state index in [4.69, 9.17) is 4.74 Å². The molecule has 0 bridgehead atoms. The molecule has 0 saturated carbocycles. The summed E-state index contributed by atoms with van der Waals surface area (Å²) in [5.41, 5.74) is 0.946. The molecule has 0 aliphatic carbocycles. The molecule has 2 heterocycles. The van der Waals surface area contributed by atoms with Gasteiger partial charge in [-0.05, 0) is 64.3 Å². The predicted molar refractivity (Wildman–Crippen MR) is 111 cm³/mol. The molecule has 2 aliphatic rings. The lowest BCUT2D eigenvalue weighted by Crippen LogP contribution is -2.48. The smallest absolute Gasteiger partial charge is 0.410 e. The third kappa shape index (κ3) is 5.08. The van der Waals surface area contributed by atoms with Gasteiger partial charge in [-0.1, -0.05) is 0 Å². The number of anilines is 1. The van der Waals surface area contributed by atoms with E-state index in [2.05, 4.69) is 0 Å². The lowest BCUT2D eigenvalue weighted by Gasteiger charge is -2.37. The molecule has 7 nitrogen and oxygen atoms in total. The molecule has 0 radical (unpaired) electrons. The molecule has 3 amide bonds. The number of piperidine rings is 1. The highest BCUT2D eigenvalue weighted by Gasteiger charge is 2.30. The van der Waals surface area contributed by atoms with E-state index in [1.165, 1.54) is 0 Å². The van der Waals surface area contributed by atoms with Crippen LogP contribution in [0.4, 0.5) is 10.5 Å². The second-order valence-corrected chi connectivity index (χ2v) is 8.81. The maximum Gasteiger partial charge on any atom is 0.410 e. The molecule has 1 aromatic rings. The van der Waals surface area contributed by atoms with Crippen molar-refractivity contribution in [1.29, 1.82) is 0 Å². The standard InChI is InChI=1S/C22H31N3O4/c1-22(2,3)29-21(28)24-14-11-17(12-15-24)23(4)20(27)16-7-9-18(10-8-16)25-13-5-6-19(25)26/h7-10,17H,5-6,11-15H2,1-4H3. The average Bonchev–Trinajstić information content (AvgIpc) is 3.11. The number of amides is 3. The molecule has 0 spiro atoms. The molecule has 0 atom stereocenters. The van der Waals surface area contributed by atoms with Crippen LogP contribution in [0.5, 0.6) is 0 Å². The van der Waals surface area contributed by atoms with E-state index >= 15 is 0 Å². The number of rotatable bonds is 3. The molecule has 3 rings (SSSR count). The molecular weight excluding hydrogens is 370 g/mol. The molecule has 2 fully saturated rings. The molecule has 7 heteroatoms. The van der Waals surface area contributed by atoms with Crippen LogP contribution in [0, 0.1) is 0 Å². The highest BCUT2D eigenvalue weighted by molar-refractivity contribution is 5.97. The summed E-state index contributed by atoms with van der Waals surface area (Å²) in [5.74, 6) is 0.0953. The Labute approximate surface area is 172 Å². The number of hydrogen-bond donors (Lipinski definition) is 0. The summed E-state index contributed by atoms with van der Waals surface area (Å²) in [5, 5.41) is 0. The minimum atomic E-state index is -0.507. The van der Waals surface area contributed by atoms with Crippen LogP contribution < -0.4 is 4.90 Å². The SMILES string of the molecule is CN(C(=O)c1ccc(N2CCCC2=O)cc1)C1CCN(C(=O)OC(C)(C)C)CC1. The lowest BCUT2D eigenvalue weighted by atomic mass is 10.0. The van der Waals surface area contributed by atoms with Crippen molar-refractivity contribution in [3.8, 4) is 0 Å². The first-order chi connectivity index (χ1) is 13.7. The fraction of sp³-hybridized carbons (Fsp3) is 0.591. The summed E-state index contributed by atoms with van der Waals surface area (Å²) < 4.78 is 5.43. The van der Waals surface area contributed by atoms with Crippen molar-refractivity contribution in [2.75, 3.05) is 31.6 Å². The quantitative estimate of drug-likeness (QED) is 0.779. The Kier molecular flexibility index (Phi) is 6.15. The zero-order valence-electron chi connectivity index (χ0n) is 17.8. The maximum absolute atomic E-state index is 12.9. The molecule has 0 aromatic heterocycles. The largest absolute Gasteiger partial charge is 0.444 e. The van der Waals surface area contributed by atoms with E-state index in [9.17, 15) is 14.4 Å². The summed E-state index contributed by atoms with van der Waals surface area (Å²) in [7, 11) is 1.81. The number of carbonyl (C=O) groups is 3. The van der Waals surface area contributed by atoms with Gasteiger partial charge in [-0.25, -0.2) is 4.79 Å². The fourth-order valence-corrected chi connectivity index (χ4v) is 3.84. The number of ether oxygens (including phenoxy) is 1. The van der Waals surface area contributed by atoms with Gasteiger partial charge in [-0.2, -0.15) is 0 Å². The highest BCUT2D eigenvalue weighted by Crippen LogP contribution is 2.23. The van der Waals surface area contributed by atoms with Crippen LogP contribution in [-0.2, 0) is 9.53 Å². The summed E-state index contributed by atoms with van der Waals surface area (Å²) in [6, 6.07) is 7.34. The Morgan fingerprint density at radius 3 is 2.21 bits per heavy atom. The minimum absolute atomic E-state index is 0.0417. The number of nitrogens with zero attached hydrogens (tertiary/aromatic N) is 3. The highest BCUT2D eigenvalue weighted by atomic mass is 16.6. The van der Waals surface area contributed by atoms with E-state index in [-0.39, 0.29) is 23.9 Å². The fourth-order valence-electron chi connectivity index (χ4n) is 3.84. The van der Waals surface area contributed by atoms with Crippen LogP contribution in [0.25, 0.3) is 0 Å². The van der Waals surface area contributed by atoms with Crippen LogP contribution in [0.3, 0.4) is 0 Å². The Morgan fingerprint density at radius 1 is 1.07 bits per heavy atom. The number of benzene rings is 1. The van der Waals surface area contributed by atoms with Gasteiger partial charge in [0.15, 0.2) is 0 Å². The van der Waals surface area contributed by atoms with Gasteiger partial charge in [0.1, 0.15) is 5.60 Å². The van der Waals surface area contributed by atoms with E-state index in [1.54, 1.807) is 26.8 Å². The van der Waals surface area contributed by atoms with Crippen molar-refractivity contribution in [2.45, 2.75) is 58.1 Å². The van der Waals surface area contributed by atoms with Crippen molar-refractivity contribution < 1.29 is 19.1 Å². The zero-order chi connectivity index (χ0) is 21.2. The van der Waals surface area contributed by atoms with E-state index in [0.29, 0.717) is 25.1 Å². The van der Waals surface area contributed by atoms with Gasteiger partial charge in [0, 0.05) is 50.4 Å². The van der Waals surface area contributed by atoms with Gasteiger partial charge in [0.25, 0.3) is 5.91 Å². The number of likely N-dealkylation sites (tertiary alicyclic amines) is 1. The molecule has 2 aliphatic heterocycles. The molecule has 0 unspecified atom stereocenters. The molecule has 0 N–H and O–H groups in total. The Balaban J connectivity index is 1.55. The predicted octanol–water partition coefficient (Wildman–Crippen LogP) is 3.28. The third-order valence-electron chi connectivity index (χ3n) is 5.48. The van der Waals surface area contributed by atoms with Crippen molar-refractivity contribution in [2.24, 2.45) is 0 Å². The summed E-state index contributed by atoms with van der Waals surface area (Å²) in [4.78, 5) is 42.2. The lowest BCUT2D eigenvalue weighted by molar-refractivity contribution is -0.117. The molecule has 29 heavy (non-hydrogen) atoms. The van der Waals surface area contributed by atoms with Crippen molar-refractivity contribution in [3.63, 3.8) is 0 Å². The number of carbonyl (C=O) groups excluding carboxylic acids is 3. The average molecular weight is 402 g/mol. The molecular formula is C22H31N3O4. The van der Waals surface area contributed by atoms with E-state index in [1.807, 2.05) is 40.0 Å². The second kappa shape index (κ2) is 8.43. The first-order valence-electron chi connectivity index (χ1n) is 10.3. The van der Waals surface area contributed by atoms with Crippen LogP contribution in [0.2, 0.25) is 0 Å². The third-order valence-corrected chi connectivity index (χ3v) is 5.48. The van der Waals surface area contributed by atoms with Crippen molar-refractivity contribution in [1.82, 2.24) is 9.80 Å². The normalized spacial score (nSPS) is 18.1. The summed E-state index contributed by atoms with van der Waals surface area (Å²) in [6.07, 6.45) is 2.62. The van der Waals surface area contributed by atoms with Gasteiger partial charge >= 0.3 is 6.09 Å². The first kappa shape index (κ1) is 21.1. The van der Waals surface area contributed by atoms with Gasteiger partial charge in [0.2, 0.25) is 5.91 Å². The molecule has 2 saturated heterocycles. The number of hydrogen-bond acceptors (Lipinski definition) is 4. The van der Waals surface area contributed by atoms with Crippen molar-refractivity contribution >= 4 is 23.6 Å². The summed E-state index contributed by atoms with van der Waals surface area (Å²) >= 11 is 0. The van der Waals surface area contributed by atoms with Gasteiger partial charge in [-0.3, -0.25) is 9.59 Å². The van der Waals surface area contributed by atoms with Crippen LogP contribution in [-0.4, -0.2) is 66.0 Å². The van der Waals surface area contributed by atoms with E-state index in [0.717, 1.165) is 31.5 Å². The van der Waals surface area contributed by atoms with Crippen LogP contribution >= 0.6 is 0 Å². The van der Waals surface area contributed by atoms with Crippen LogP contribution in [0.1, 0.15) is 56.8 Å².